The fourth-order valence-corrected chi connectivity index (χ4v) is 4.32. The van der Waals surface area contributed by atoms with Crippen molar-refractivity contribution in [1.29, 1.82) is 0 Å². The van der Waals surface area contributed by atoms with Crippen molar-refractivity contribution >= 4 is 5.91 Å². The summed E-state index contributed by atoms with van der Waals surface area (Å²) < 4.78 is 5.84. The summed E-state index contributed by atoms with van der Waals surface area (Å²) in [5, 5.41) is 3.21. The summed E-state index contributed by atoms with van der Waals surface area (Å²) in [5.74, 6) is 3.20. The number of nitrogens with one attached hydrogen (secondary N) is 1. The van der Waals surface area contributed by atoms with Gasteiger partial charge in [-0.25, -0.2) is 0 Å². The van der Waals surface area contributed by atoms with Gasteiger partial charge in [0.05, 0.1) is 0 Å². The van der Waals surface area contributed by atoms with Crippen molar-refractivity contribution in [2.75, 3.05) is 0 Å². The number of fused-ring (bicyclic) bond motifs is 2. The highest BCUT2D eigenvalue weighted by atomic mass is 16.5. The Labute approximate surface area is 133 Å². The van der Waals surface area contributed by atoms with Gasteiger partial charge < -0.3 is 10.1 Å². The van der Waals surface area contributed by atoms with E-state index in [1.165, 1.54) is 25.7 Å². The van der Waals surface area contributed by atoms with E-state index >= 15 is 0 Å². The normalized spacial score (nSPS) is 29.1. The summed E-state index contributed by atoms with van der Waals surface area (Å²) in [6, 6.07) is 9.86. The van der Waals surface area contributed by atoms with Crippen LogP contribution in [0.15, 0.2) is 30.3 Å². The Bertz CT molecular complexity index is 501. The van der Waals surface area contributed by atoms with Crippen LogP contribution in [0.2, 0.25) is 0 Å². The number of para-hydroxylation sites is 1. The maximum atomic E-state index is 12.5. The van der Waals surface area contributed by atoms with Crippen LogP contribution in [0, 0.1) is 17.8 Å². The van der Waals surface area contributed by atoms with Crippen LogP contribution in [-0.2, 0) is 4.79 Å². The van der Waals surface area contributed by atoms with E-state index in [0.29, 0.717) is 12.3 Å². The van der Waals surface area contributed by atoms with Crippen LogP contribution < -0.4 is 10.1 Å². The molecule has 1 aromatic carbocycles. The van der Waals surface area contributed by atoms with Crippen molar-refractivity contribution in [2.24, 2.45) is 17.8 Å². The Morgan fingerprint density at radius 1 is 1.27 bits per heavy atom. The molecule has 1 amide bonds. The van der Waals surface area contributed by atoms with E-state index in [1.807, 2.05) is 37.3 Å². The minimum atomic E-state index is -0.400. The van der Waals surface area contributed by atoms with Gasteiger partial charge >= 0.3 is 0 Å². The summed E-state index contributed by atoms with van der Waals surface area (Å²) in [4.78, 5) is 12.5. The zero-order chi connectivity index (χ0) is 15.5. The molecule has 3 rings (SSSR count). The van der Waals surface area contributed by atoms with Gasteiger partial charge in [0.1, 0.15) is 5.75 Å². The zero-order valence-corrected chi connectivity index (χ0v) is 13.6. The highest BCUT2D eigenvalue weighted by molar-refractivity contribution is 5.81. The Balaban J connectivity index is 1.55. The van der Waals surface area contributed by atoms with Gasteiger partial charge in [-0.1, -0.05) is 31.5 Å². The molecule has 0 aliphatic heterocycles. The molecule has 3 nitrogen and oxygen atoms in total. The average molecular weight is 301 g/mol. The monoisotopic (exact) mass is 301 g/mol. The number of hydrogen-bond donors (Lipinski definition) is 1. The molecule has 3 heteroatoms. The Hall–Kier alpha value is -1.51. The second-order valence-electron chi connectivity index (χ2n) is 6.96. The Morgan fingerprint density at radius 3 is 2.64 bits per heavy atom. The second-order valence-corrected chi connectivity index (χ2v) is 6.96. The van der Waals surface area contributed by atoms with E-state index in [0.717, 1.165) is 17.6 Å². The van der Waals surface area contributed by atoms with Crippen LogP contribution in [0.1, 0.15) is 46.0 Å². The van der Waals surface area contributed by atoms with Gasteiger partial charge in [-0.15, -0.1) is 0 Å². The van der Waals surface area contributed by atoms with Crippen molar-refractivity contribution in [3.05, 3.63) is 30.3 Å². The number of benzene rings is 1. The van der Waals surface area contributed by atoms with Gasteiger partial charge in [-0.05, 0) is 62.5 Å². The lowest BCUT2D eigenvalue weighted by molar-refractivity contribution is -0.129. The molecule has 22 heavy (non-hydrogen) atoms. The lowest BCUT2D eigenvalue weighted by Crippen LogP contribution is -2.46. The molecule has 1 aromatic rings. The first-order valence-electron chi connectivity index (χ1n) is 8.69. The molecular weight excluding hydrogens is 274 g/mol. The summed E-state index contributed by atoms with van der Waals surface area (Å²) in [7, 11) is 0. The zero-order valence-electron chi connectivity index (χ0n) is 13.6. The van der Waals surface area contributed by atoms with E-state index in [9.17, 15) is 4.79 Å². The molecule has 2 fully saturated rings. The molecule has 1 N–H and O–H groups in total. The predicted molar refractivity (Wildman–Crippen MR) is 87.7 cm³/mol. The minimum Gasteiger partial charge on any atom is -0.481 e. The van der Waals surface area contributed by atoms with Gasteiger partial charge in [0.2, 0.25) is 0 Å². The molecule has 0 unspecified atom stereocenters. The summed E-state index contributed by atoms with van der Waals surface area (Å²) in [6.07, 6.45) is 5.71. The van der Waals surface area contributed by atoms with Crippen LogP contribution in [0.4, 0.5) is 0 Å². The molecule has 2 saturated carbocycles. The van der Waals surface area contributed by atoms with Crippen molar-refractivity contribution in [2.45, 2.75) is 58.1 Å². The molecule has 0 aromatic heterocycles. The molecule has 0 radical (unpaired) electrons. The van der Waals surface area contributed by atoms with Gasteiger partial charge in [0, 0.05) is 6.04 Å². The van der Waals surface area contributed by atoms with Crippen LogP contribution >= 0.6 is 0 Å². The van der Waals surface area contributed by atoms with E-state index in [4.69, 9.17) is 4.74 Å². The maximum Gasteiger partial charge on any atom is 0.261 e. The fourth-order valence-electron chi connectivity index (χ4n) is 4.32. The highest BCUT2D eigenvalue weighted by Crippen LogP contribution is 2.49. The quantitative estimate of drug-likeness (QED) is 0.868. The maximum absolute atomic E-state index is 12.5. The third-order valence-electron chi connectivity index (χ3n) is 5.49. The molecule has 2 aliphatic rings. The standard InChI is InChI=1S/C19H27NO2/c1-3-18(22-16-7-5-4-6-8-16)19(21)20-13(2)17-12-14-9-10-15(17)11-14/h4-8,13-15,17-18H,3,9-12H2,1-2H3,(H,20,21)/t13-,14-,15-,17-,18-/m0/s1. The average Bonchev–Trinajstić information content (AvgIpc) is 3.16. The lowest BCUT2D eigenvalue weighted by atomic mass is 9.84. The largest absolute Gasteiger partial charge is 0.481 e. The molecule has 0 saturated heterocycles. The second kappa shape index (κ2) is 6.72. The Kier molecular flexibility index (Phi) is 4.70. The number of carbonyl (C=O) groups excluding carboxylic acids is 1. The summed E-state index contributed by atoms with van der Waals surface area (Å²) in [6.45, 7) is 4.16. The number of hydrogen-bond acceptors (Lipinski definition) is 2. The predicted octanol–water partition coefficient (Wildman–Crippen LogP) is 3.78. The van der Waals surface area contributed by atoms with Crippen LogP contribution in [0.25, 0.3) is 0 Å². The molecule has 2 bridgehead atoms. The molecule has 0 heterocycles. The third kappa shape index (κ3) is 3.29. The minimum absolute atomic E-state index is 0.0293. The first-order valence-corrected chi connectivity index (χ1v) is 8.69. The first-order chi connectivity index (χ1) is 10.7. The summed E-state index contributed by atoms with van der Waals surface area (Å²) in [5.41, 5.74) is 0. The molecule has 2 aliphatic carbocycles. The smallest absolute Gasteiger partial charge is 0.261 e. The fraction of sp³-hybridized carbons (Fsp3) is 0.632. The molecular formula is C19H27NO2. The first kappa shape index (κ1) is 15.4. The van der Waals surface area contributed by atoms with Gasteiger partial charge in [-0.2, -0.15) is 0 Å². The number of carbonyl (C=O) groups is 1. The van der Waals surface area contributed by atoms with E-state index in [1.54, 1.807) is 0 Å². The number of ether oxygens (including phenoxy) is 1. The van der Waals surface area contributed by atoms with E-state index in [2.05, 4.69) is 12.2 Å². The summed E-state index contributed by atoms with van der Waals surface area (Å²) >= 11 is 0. The highest BCUT2D eigenvalue weighted by Gasteiger charge is 2.42. The van der Waals surface area contributed by atoms with Crippen LogP contribution in [0.3, 0.4) is 0 Å². The van der Waals surface area contributed by atoms with E-state index < -0.39 is 6.10 Å². The molecule has 120 valence electrons. The topological polar surface area (TPSA) is 38.3 Å². The van der Waals surface area contributed by atoms with Gasteiger partial charge in [-0.3, -0.25) is 4.79 Å². The third-order valence-corrected chi connectivity index (χ3v) is 5.49. The molecule has 0 spiro atoms. The van der Waals surface area contributed by atoms with Crippen molar-refractivity contribution < 1.29 is 9.53 Å². The number of rotatable bonds is 6. The molecule has 5 atom stereocenters. The lowest BCUT2D eigenvalue weighted by Gasteiger charge is -2.29. The van der Waals surface area contributed by atoms with Crippen molar-refractivity contribution in [1.82, 2.24) is 5.32 Å². The van der Waals surface area contributed by atoms with Gasteiger partial charge in [0.25, 0.3) is 5.91 Å². The van der Waals surface area contributed by atoms with Crippen LogP contribution in [-0.4, -0.2) is 18.1 Å². The van der Waals surface area contributed by atoms with Crippen molar-refractivity contribution in [3.8, 4) is 5.75 Å². The Morgan fingerprint density at radius 2 is 2.05 bits per heavy atom. The van der Waals surface area contributed by atoms with Crippen LogP contribution in [0.5, 0.6) is 5.75 Å². The van der Waals surface area contributed by atoms with Crippen molar-refractivity contribution in [3.63, 3.8) is 0 Å². The number of amides is 1. The van der Waals surface area contributed by atoms with E-state index in [-0.39, 0.29) is 11.9 Å². The van der Waals surface area contributed by atoms with Gasteiger partial charge in [0.15, 0.2) is 6.10 Å². The SMILES string of the molecule is CC[C@H](Oc1ccccc1)C(=O)N[C@@H](C)[C@@H]1C[C@H]2CC[C@H]1C2.